The minimum Gasteiger partial charge on any atom is -0.444 e. The molecule has 0 bridgehead atoms. The van der Waals surface area contributed by atoms with E-state index in [2.05, 4.69) is 24.8 Å². The topological polar surface area (TPSA) is 75.4 Å². The van der Waals surface area contributed by atoms with E-state index in [-0.39, 0.29) is 12.2 Å². The number of carbonyl (C=O) groups is 1. The lowest BCUT2D eigenvalue weighted by atomic mass is 10.0. The molecule has 3 aromatic heterocycles. The molecule has 0 atom stereocenters. The summed E-state index contributed by atoms with van der Waals surface area (Å²) in [5, 5.41) is 2.04. The Bertz CT molecular complexity index is 1290. The first-order valence-corrected chi connectivity index (χ1v) is 11.5. The van der Waals surface area contributed by atoms with Gasteiger partial charge < -0.3 is 9.32 Å². The molecular weight excluding hydrogens is 414 g/mol. The van der Waals surface area contributed by atoms with E-state index in [1.165, 1.54) is 19.2 Å². The summed E-state index contributed by atoms with van der Waals surface area (Å²) < 4.78 is 5.41. The van der Waals surface area contributed by atoms with Crippen molar-refractivity contribution in [2.24, 2.45) is 0 Å². The number of aromatic nitrogens is 3. The lowest BCUT2D eigenvalue weighted by molar-refractivity contribution is 0.0992. The van der Waals surface area contributed by atoms with E-state index < -0.39 is 0 Å². The summed E-state index contributed by atoms with van der Waals surface area (Å²) in [6.45, 7) is 4.06. The Hall–Kier alpha value is -3.58. The van der Waals surface area contributed by atoms with Crippen LogP contribution in [0.4, 0.5) is 5.82 Å². The number of oxazole rings is 1. The molecule has 1 saturated heterocycles. The van der Waals surface area contributed by atoms with Crippen LogP contribution in [0.3, 0.4) is 0 Å². The molecule has 33 heavy (non-hydrogen) atoms. The molecule has 1 aliphatic heterocycles. The van der Waals surface area contributed by atoms with Crippen molar-refractivity contribution in [3.63, 3.8) is 0 Å². The van der Waals surface area contributed by atoms with E-state index >= 15 is 0 Å². The summed E-state index contributed by atoms with van der Waals surface area (Å²) in [7, 11) is 0. The zero-order valence-electron chi connectivity index (χ0n) is 18.4. The van der Waals surface area contributed by atoms with Crippen LogP contribution in [0.5, 0.6) is 0 Å². The Morgan fingerprint density at radius 2 is 1.85 bits per heavy atom. The van der Waals surface area contributed by atoms with E-state index in [0.29, 0.717) is 11.3 Å². The fraction of sp³-hybridized carbons (Fsp3) is 0.308. The maximum absolute atomic E-state index is 13.1. The number of hydrogen-bond acceptors (Lipinski definition) is 7. The Morgan fingerprint density at radius 3 is 2.64 bits per heavy atom. The lowest BCUT2D eigenvalue weighted by Crippen LogP contribution is -2.47. The molecule has 1 aromatic carbocycles. The van der Waals surface area contributed by atoms with Crippen molar-refractivity contribution < 1.29 is 9.21 Å². The number of ketones is 1. The minimum atomic E-state index is 0.0495. The van der Waals surface area contributed by atoms with Gasteiger partial charge in [-0.15, -0.1) is 0 Å². The van der Waals surface area contributed by atoms with E-state index in [0.717, 1.165) is 60.1 Å². The van der Waals surface area contributed by atoms with Crippen molar-refractivity contribution in [1.82, 2.24) is 19.9 Å². The van der Waals surface area contributed by atoms with Crippen LogP contribution in [0.25, 0.3) is 22.1 Å². The maximum Gasteiger partial charge on any atom is 0.181 e. The highest BCUT2D eigenvalue weighted by molar-refractivity contribution is 5.98. The second kappa shape index (κ2) is 8.41. The predicted octanol–water partition coefficient (Wildman–Crippen LogP) is 3.99. The average Bonchev–Trinajstić information content (AvgIpc) is 3.57. The van der Waals surface area contributed by atoms with Gasteiger partial charge in [0.2, 0.25) is 0 Å². The monoisotopic (exact) mass is 439 g/mol. The number of piperazine rings is 1. The molecule has 1 saturated carbocycles. The summed E-state index contributed by atoms with van der Waals surface area (Å²) in [6, 6.07) is 12.5. The van der Waals surface area contributed by atoms with Gasteiger partial charge in [-0.3, -0.25) is 14.7 Å². The van der Waals surface area contributed by atoms with Gasteiger partial charge in [-0.1, -0.05) is 12.1 Å². The molecule has 6 rings (SSSR count). The molecule has 2 fully saturated rings. The standard InChI is InChI=1S/C26H25N5O2/c32-24(18-5-6-28-26(13-18)31-9-7-30(8-10-31)23-3-4-23)14-22-12-21-11-19(25-16-27-17-33-25)1-2-20(21)15-29-22/h1-2,5-6,11-13,15-17,23H,3-4,7-10,14H2. The minimum absolute atomic E-state index is 0.0495. The number of hydrogen-bond donors (Lipinski definition) is 0. The van der Waals surface area contributed by atoms with Crippen LogP contribution in [-0.2, 0) is 6.42 Å². The Kier molecular flexibility index (Phi) is 5.11. The third-order valence-corrected chi connectivity index (χ3v) is 6.61. The van der Waals surface area contributed by atoms with E-state index in [1.54, 1.807) is 18.5 Å². The second-order valence-electron chi connectivity index (χ2n) is 8.86. The molecule has 0 amide bonds. The Morgan fingerprint density at radius 1 is 0.970 bits per heavy atom. The summed E-state index contributed by atoms with van der Waals surface area (Å²) in [6.07, 6.45) is 9.61. The van der Waals surface area contributed by atoms with Crippen molar-refractivity contribution in [2.75, 3.05) is 31.1 Å². The summed E-state index contributed by atoms with van der Waals surface area (Å²) >= 11 is 0. The number of carbonyl (C=O) groups excluding carboxylic acids is 1. The first kappa shape index (κ1) is 20.1. The van der Waals surface area contributed by atoms with Crippen molar-refractivity contribution >= 4 is 22.4 Å². The first-order chi connectivity index (χ1) is 16.2. The zero-order chi connectivity index (χ0) is 22.2. The highest BCUT2D eigenvalue weighted by Crippen LogP contribution is 2.28. The molecule has 0 N–H and O–H groups in total. The number of pyridine rings is 2. The van der Waals surface area contributed by atoms with Gasteiger partial charge in [0.25, 0.3) is 0 Å². The maximum atomic E-state index is 13.1. The van der Waals surface area contributed by atoms with Gasteiger partial charge >= 0.3 is 0 Å². The quantitative estimate of drug-likeness (QED) is 0.421. The summed E-state index contributed by atoms with van der Waals surface area (Å²) in [4.78, 5) is 31.0. The predicted molar refractivity (Wildman–Crippen MR) is 126 cm³/mol. The highest BCUT2D eigenvalue weighted by atomic mass is 16.3. The van der Waals surface area contributed by atoms with E-state index in [4.69, 9.17) is 4.42 Å². The van der Waals surface area contributed by atoms with Crippen molar-refractivity contribution in [3.8, 4) is 11.3 Å². The van der Waals surface area contributed by atoms with Gasteiger partial charge in [0.05, 0.1) is 12.6 Å². The third-order valence-electron chi connectivity index (χ3n) is 6.61. The third kappa shape index (κ3) is 4.24. The summed E-state index contributed by atoms with van der Waals surface area (Å²) in [5.41, 5.74) is 2.38. The number of fused-ring (bicyclic) bond motifs is 1. The molecular formula is C26H25N5O2. The normalized spacial score (nSPS) is 16.9. The van der Waals surface area contributed by atoms with Crippen LogP contribution in [0, 0.1) is 0 Å². The summed E-state index contributed by atoms with van der Waals surface area (Å²) in [5.74, 6) is 1.65. The fourth-order valence-corrected chi connectivity index (χ4v) is 4.58. The van der Waals surface area contributed by atoms with Crippen LogP contribution >= 0.6 is 0 Å². The number of rotatable bonds is 6. The molecule has 7 nitrogen and oxygen atoms in total. The highest BCUT2D eigenvalue weighted by Gasteiger charge is 2.31. The van der Waals surface area contributed by atoms with Crippen LogP contribution in [0.2, 0.25) is 0 Å². The number of nitrogens with zero attached hydrogens (tertiary/aromatic N) is 5. The van der Waals surface area contributed by atoms with Crippen molar-refractivity contribution in [3.05, 3.63) is 72.6 Å². The van der Waals surface area contributed by atoms with E-state index in [9.17, 15) is 4.79 Å². The van der Waals surface area contributed by atoms with Gasteiger partial charge in [0, 0.05) is 66.8 Å². The van der Waals surface area contributed by atoms with Crippen LogP contribution < -0.4 is 4.90 Å². The molecule has 4 aromatic rings. The largest absolute Gasteiger partial charge is 0.444 e. The zero-order valence-corrected chi connectivity index (χ0v) is 18.4. The lowest BCUT2D eigenvalue weighted by Gasteiger charge is -2.35. The molecule has 7 heteroatoms. The van der Waals surface area contributed by atoms with Crippen LogP contribution in [-0.4, -0.2) is 57.9 Å². The number of benzene rings is 1. The molecule has 2 aliphatic rings. The van der Waals surface area contributed by atoms with Gasteiger partial charge in [-0.2, -0.15) is 0 Å². The second-order valence-corrected chi connectivity index (χ2v) is 8.86. The smallest absolute Gasteiger partial charge is 0.181 e. The number of anilines is 1. The molecule has 1 aliphatic carbocycles. The molecule has 0 radical (unpaired) electrons. The SMILES string of the molecule is O=C(Cc1cc2cc(-c3cnco3)ccc2cn1)c1ccnc(N2CCN(C3CC3)CC2)c1. The van der Waals surface area contributed by atoms with Gasteiger partial charge in [0.1, 0.15) is 5.82 Å². The Balaban J connectivity index is 1.18. The molecule has 0 unspecified atom stereocenters. The molecule has 0 spiro atoms. The van der Waals surface area contributed by atoms with Crippen LogP contribution in [0.15, 0.2) is 65.8 Å². The van der Waals surface area contributed by atoms with Crippen molar-refractivity contribution in [2.45, 2.75) is 25.3 Å². The molecule has 4 heterocycles. The Labute approximate surface area is 192 Å². The van der Waals surface area contributed by atoms with Gasteiger partial charge in [-0.25, -0.2) is 9.97 Å². The average molecular weight is 440 g/mol. The van der Waals surface area contributed by atoms with Gasteiger partial charge in [0.15, 0.2) is 17.9 Å². The number of Topliss-reactive ketones (excluding diaryl/α,β-unsaturated/α-hetero) is 1. The van der Waals surface area contributed by atoms with E-state index in [1.807, 2.05) is 36.5 Å². The van der Waals surface area contributed by atoms with Gasteiger partial charge in [-0.05, 0) is 42.5 Å². The first-order valence-electron chi connectivity index (χ1n) is 11.5. The van der Waals surface area contributed by atoms with Crippen molar-refractivity contribution in [1.29, 1.82) is 0 Å². The van der Waals surface area contributed by atoms with Crippen LogP contribution in [0.1, 0.15) is 28.9 Å². The fourth-order valence-electron chi connectivity index (χ4n) is 4.58. The molecule has 166 valence electrons.